The number of rotatable bonds is 4. The van der Waals surface area contributed by atoms with Crippen molar-refractivity contribution in [1.29, 1.82) is 0 Å². The van der Waals surface area contributed by atoms with E-state index in [-0.39, 0.29) is 17.9 Å². The molecule has 0 aliphatic rings. The highest BCUT2D eigenvalue weighted by molar-refractivity contribution is 7.85. The van der Waals surface area contributed by atoms with Crippen molar-refractivity contribution < 1.29 is 22.6 Å². The van der Waals surface area contributed by atoms with E-state index >= 15 is 0 Å². The number of nitrogens with zero attached hydrogens (tertiary/aromatic N) is 1. The molecule has 0 aliphatic heterocycles. The van der Waals surface area contributed by atoms with Gasteiger partial charge in [0.1, 0.15) is 6.54 Å². The van der Waals surface area contributed by atoms with E-state index in [0.717, 1.165) is 5.39 Å². The standard InChI is InChI=1S/C12H13NO4S/c14-11-6-1-4-10-5-2-7-13(12(10)11)8-3-9-18(15,16)17/h1-2,4-7H,3,8-9H2,(H-,14,15,16,17)/p+1. The number of hydrogen-bond acceptors (Lipinski definition) is 3. The van der Waals surface area contributed by atoms with Gasteiger partial charge in [-0.2, -0.15) is 13.0 Å². The summed E-state index contributed by atoms with van der Waals surface area (Å²) >= 11 is 0. The number of phenolic OH excluding ortho intramolecular Hbond substituents is 1. The molecule has 5 nitrogen and oxygen atoms in total. The number of aryl methyl sites for hydroxylation is 1. The van der Waals surface area contributed by atoms with Gasteiger partial charge in [-0.15, -0.1) is 0 Å². The van der Waals surface area contributed by atoms with E-state index in [9.17, 15) is 13.5 Å². The average molecular weight is 268 g/mol. The van der Waals surface area contributed by atoms with E-state index in [0.29, 0.717) is 12.1 Å². The predicted molar refractivity (Wildman–Crippen MR) is 66.8 cm³/mol. The van der Waals surface area contributed by atoms with Gasteiger partial charge in [0.05, 0.1) is 11.1 Å². The van der Waals surface area contributed by atoms with Crippen molar-refractivity contribution in [2.24, 2.45) is 0 Å². The molecule has 0 saturated heterocycles. The first-order chi connectivity index (χ1) is 8.47. The van der Waals surface area contributed by atoms with Crippen LogP contribution < -0.4 is 4.57 Å². The van der Waals surface area contributed by atoms with E-state index in [1.165, 1.54) is 0 Å². The molecule has 2 N–H and O–H groups in total. The highest BCUT2D eigenvalue weighted by atomic mass is 32.2. The van der Waals surface area contributed by atoms with Crippen molar-refractivity contribution in [3.8, 4) is 5.75 Å². The van der Waals surface area contributed by atoms with Crippen LogP contribution in [-0.2, 0) is 16.7 Å². The Morgan fingerprint density at radius 3 is 2.61 bits per heavy atom. The smallest absolute Gasteiger partial charge is 0.265 e. The summed E-state index contributed by atoms with van der Waals surface area (Å²) in [7, 11) is -3.93. The van der Waals surface area contributed by atoms with Crippen LogP contribution in [0.2, 0.25) is 0 Å². The van der Waals surface area contributed by atoms with Crippen molar-refractivity contribution in [2.75, 3.05) is 5.75 Å². The Kier molecular flexibility index (Phi) is 3.49. The fourth-order valence-corrected chi connectivity index (χ4v) is 2.42. The quantitative estimate of drug-likeness (QED) is 0.643. The van der Waals surface area contributed by atoms with Crippen LogP contribution >= 0.6 is 0 Å². The molecule has 0 atom stereocenters. The first-order valence-corrected chi connectivity index (χ1v) is 7.13. The van der Waals surface area contributed by atoms with Gasteiger partial charge in [0.15, 0.2) is 11.9 Å². The van der Waals surface area contributed by atoms with Crippen molar-refractivity contribution in [3.63, 3.8) is 0 Å². The van der Waals surface area contributed by atoms with Crippen molar-refractivity contribution in [2.45, 2.75) is 13.0 Å². The number of phenols is 1. The van der Waals surface area contributed by atoms with Crippen molar-refractivity contribution in [3.05, 3.63) is 36.5 Å². The van der Waals surface area contributed by atoms with Crippen LogP contribution in [0.15, 0.2) is 36.5 Å². The number of aromatic nitrogens is 1. The Hall–Kier alpha value is -1.66. The third kappa shape index (κ3) is 2.96. The number of aromatic hydroxyl groups is 1. The van der Waals surface area contributed by atoms with Crippen molar-refractivity contribution in [1.82, 2.24) is 0 Å². The van der Waals surface area contributed by atoms with Gasteiger partial charge in [0, 0.05) is 12.5 Å². The number of para-hydroxylation sites is 1. The second-order valence-electron chi connectivity index (χ2n) is 4.06. The zero-order chi connectivity index (χ0) is 13.2. The topological polar surface area (TPSA) is 78.5 Å². The number of fused-ring (bicyclic) bond motifs is 1. The molecule has 1 heterocycles. The normalized spacial score (nSPS) is 11.8. The Morgan fingerprint density at radius 2 is 1.89 bits per heavy atom. The summed E-state index contributed by atoms with van der Waals surface area (Å²) in [6, 6.07) is 8.90. The molecule has 1 aromatic heterocycles. The van der Waals surface area contributed by atoms with Crippen molar-refractivity contribution >= 4 is 21.0 Å². The second kappa shape index (κ2) is 4.91. The van der Waals surface area contributed by atoms with E-state index in [1.54, 1.807) is 22.9 Å². The molecule has 2 rings (SSSR count). The van der Waals surface area contributed by atoms with Crippen LogP contribution in [0.25, 0.3) is 10.9 Å². The molecule has 6 heteroatoms. The molecular formula is C12H14NO4S+. The largest absolute Gasteiger partial charge is 0.502 e. The van der Waals surface area contributed by atoms with Gasteiger partial charge in [-0.1, -0.05) is 6.07 Å². The summed E-state index contributed by atoms with van der Waals surface area (Å²) in [5, 5.41) is 10.7. The Balaban J connectivity index is 2.28. The minimum atomic E-state index is -3.93. The van der Waals surface area contributed by atoms with Gasteiger partial charge in [0.25, 0.3) is 15.6 Å². The maximum Gasteiger partial charge on any atom is 0.265 e. The summed E-state index contributed by atoms with van der Waals surface area (Å²) in [6.45, 7) is 0.411. The molecule has 0 radical (unpaired) electrons. The fraction of sp³-hybridized carbons (Fsp3) is 0.250. The summed E-state index contributed by atoms with van der Waals surface area (Å²) in [6.07, 6.45) is 2.06. The van der Waals surface area contributed by atoms with E-state index < -0.39 is 10.1 Å². The zero-order valence-corrected chi connectivity index (χ0v) is 10.5. The van der Waals surface area contributed by atoms with E-state index in [1.807, 2.05) is 18.2 Å². The summed E-state index contributed by atoms with van der Waals surface area (Å²) in [5.41, 5.74) is 0.662. The maximum absolute atomic E-state index is 10.6. The van der Waals surface area contributed by atoms with Gasteiger partial charge in [-0.05, 0) is 18.2 Å². The fourth-order valence-electron chi connectivity index (χ4n) is 1.92. The maximum atomic E-state index is 10.6. The lowest BCUT2D eigenvalue weighted by Crippen LogP contribution is -2.35. The lowest BCUT2D eigenvalue weighted by Gasteiger charge is -2.02. The first kappa shape index (κ1) is 12.8. The molecule has 96 valence electrons. The highest BCUT2D eigenvalue weighted by Crippen LogP contribution is 2.20. The molecule has 1 aromatic carbocycles. The van der Waals surface area contributed by atoms with Crippen LogP contribution in [0.4, 0.5) is 0 Å². The molecule has 0 amide bonds. The summed E-state index contributed by atoms with van der Waals surface area (Å²) in [4.78, 5) is 0. The molecule has 0 saturated carbocycles. The molecule has 0 fully saturated rings. The molecule has 0 aliphatic carbocycles. The Morgan fingerprint density at radius 1 is 1.17 bits per heavy atom. The van der Waals surface area contributed by atoms with Gasteiger partial charge in [-0.3, -0.25) is 4.55 Å². The molecular weight excluding hydrogens is 254 g/mol. The lowest BCUT2D eigenvalue weighted by molar-refractivity contribution is -0.671. The van der Waals surface area contributed by atoms with E-state index in [4.69, 9.17) is 4.55 Å². The molecule has 2 aromatic rings. The summed E-state index contributed by atoms with van der Waals surface area (Å²) in [5.74, 6) is -0.135. The van der Waals surface area contributed by atoms with Crippen LogP contribution in [0.1, 0.15) is 6.42 Å². The molecule has 18 heavy (non-hydrogen) atoms. The van der Waals surface area contributed by atoms with Crippen LogP contribution in [0.5, 0.6) is 5.75 Å². The summed E-state index contributed by atoms with van der Waals surface area (Å²) < 4.78 is 31.7. The zero-order valence-electron chi connectivity index (χ0n) is 9.65. The highest BCUT2D eigenvalue weighted by Gasteiger charge is 2.14. The third-order valence-electron chi connectivity index (χ3n) is 2.68. The molecule has 0 bridgehead atoms. The number of pyridine rings is 1. The van der Waals surface area contributed by atoms with Crippen LogP contribution in [0.3, 0.4) is 0 Å². The van der Waals surface area contributed by atoms with Gasteiger partial charge in [-0.25, -0.2) is 0 Å². The first-order valence-electron chi connectivity index (χ1n) is 5.53. The van der Waals surface area contributed by atoms with Gasteiger partial charge < -0.3 is 5.11 Å². The minimum Gasteiger partial charge on any atom is -0.502 e. The lowest BCUT2D eigenvalue weighted by atomic mass is 10.2. The molecule has 0 spiro atoms. The monoisotopic (exact) mass is 268 g/mol. The third-order valence-corrected chi connectivity index (χ3v) is 3.48. The minimum absolute atomic E-state index is 0.153. The van der Waals surface area contributed by atoms with Gasteiger partial charge >= 0.3 is 0 Å². The van der Waals surface area contributed by atoms with Crippen LogP contribution in [-0.4, -0.2) is 23.8 Å². The molecule has 0 unspecified atom stereocenters. The average Bonchev–Trinajstić information content (AvgIpc) is 2.27. The second-order valence-corrected chi connectivity index (χ2v) is 5.63. The van der Waals surface area contributed by atoms with Gasteiger partial charge in [0.2, 0.25) is 0 Å². The van der Waals surface area contributed by atoms with Crippen LogP contribution in [0, 0.1) is 0 Å². The SMILES string of the molecule is O=S(=O)(O)CCC[n+]1cccc2cccc(O)c21. The number of hydrogen-bond donors (Lipinski definition) is 2. The Labute approximate surface area is 105 Å². The number of benzene rings is 1. The Bertz CT molecular complexity index is 662. The predicted octanol–water partition coefficient (Wildman–Crippen LogP) is 1.11. The van der Waals surface area contributed by atoms with E-state index in [2.05, 4.69) is 0 Å².